The Morgan fingerprint density at radius 3 is 2.34 bits per heavy atom. The van der Waals surface area contributed by atoms with Crippen molar-refractivity contribution in [1.82, 2.24) is 10.0 Å². The molecule has 0 unspecified atom stereocenters. The summed E-state index contributed by atoms with van der Waals surface area (Å²) in [5.74, 6) is 0.558. The zero-order chi connectivity index (χ0) is 22.6. The zero-order valence-corrected chi connectivity index (χ0v) is 17.8. The van der Waals surface area contributed by atoms with Gasteiger partial charge >= 0.3 is 0 Å². The van der Waals surface area contributed by atoms with Gasteiger partial charge in [-0.3, -0.25) is 18.7 Å². The highest BCUT2D eigenvalue weighted by molar-refractivity contribution is 8.31. The van der Waals surface area contributed by atoms with Crippen molar-refractivity contribution in [2.75, 3.05) is 6.54 Å². The van der Waals surface area contributed by atoms with Crippen LogP contribution in [0.4, 0.5) is 0 Å². The number of nitrogens with one attached hydrogen (secondary N) is 2. The summed E-state index contributed by atoms with van der Waals surface area (Å²) in [4.78, 5) is 24.1. The van der Waals surface area contributed by atoms with Crippen molar-refractivity contribution >= 4 is 27.5 Å². The van der Waals surface area contributed by atoms with E-state index in [9.17, 15) is 18.7 Å². The molecule has 2 amide bonds. The second-order valence-corrected chi connectivity index (χ2v) is 8.91. The molecule has 8 heteroatoms. The van der Waals surface area contributed by atoms with Crippen LogP contribution >= 0.6 is 10.8 Å². The average molecular weight is 451 g/mol. The van der Waals surface area contributed by atoms with Crippen LogP contribution in [0.3, 0.4) is 0 Å². The van der Waals surface area contributed by atoms with Crippen LogP contribution in [0.1, 0.15) is 21.5 Å². The highest BCUT2D eigenvalue weighted by Crippen LogP contribution is 2.52. The molecule has 1 aliphatic heterocycles. The lowest BCUT2D eigenvalue weighted by atomic mass is 10.1. The van der Waals surface area contributed by atoms with Gasteiger partial charge in [0.1, 0.15) is 11.5 Å². The van der Waals surface area contributed by atoms with Crippen molar-refractivity contribution in [3.8, 4) is 11.5 Å². The molecule has 164 valence electrons. The minimum absolute atomic E-state index is 0.181. The molecule has 0 saturated heterocycles. The third kappa shape index (κ3) is 5.17. The SMILES string of the molecule is O=C1C=C(c2ccc(CCNC(=O)c3cccc(Oc4ccccc4)c3)cc2)S(O)(O)N1. The van der Waals surface area contributed by atoms with Gasteiger partial charge in [-0.1, -0.05) is 59.3 Å². The minimum atomic E-state index is -3.29. The third-order valence-corrected chi connectivity index (χ3v) is 6.28. The Hall–Kier alpha value is -3.59. The maximum absolute atomic E-state index is 12.5. The quantitative estimate of drug-likeness (QED) is 0.421. The molecule has 3 aromatic carbocycles. The van der Waals surface area contributed by atoms with Crippen molar-refractivity contribution in [1.29, 1.82) is 0 Å². The van der Waals surface area contributed by atoms with Crippen LogP contribution in [-0.2, 0) is 11.2 Å². The smallest absolute Gasteiger partial charge is 0.264 e. The summed E-state index contributed by atoms with van der Waals surface area (Å²) in [6, 6.07) is 23.4. The Kier molecular flexibility index (Phi) is 6.27. The molecule has 0 radical (unpaired) electrons. The molecule has 0 atom stereocenters. The molecule has 0 spiro atoms. The van der Waals surface area contributed by atoms with E-state index in [1.54, 1.807) is 36.4 Å². The molecule has 0 aliphatic carbocycles. The largest absolute Gasteiger partial charge is 0.457 e. The summed E-state index contributed by atoms with van der Waals surface area (Å²) in [6.45, 7) is 0.430. The van der Waals surface area contributed by atoms with Crippen molar-refractivity contribution in [3.63, 3.8) is 0 Å². The van der Waals surface area contributed by atoms with Gasteiger partial charge in [0.05, 0.1) is 4.91 Å². The number of hydrogen-bond donors (Lipinski definition) is 4. The molecule has 3 aromatic rings. The second kappa shape index (κ2) is 9.27. The maximum atomic E-state index is 12.5. The molecular formula is C24H22N2O5S. The van der Waals surface area contributed by atoms with Gasteiger partial charge < -0.3 is 10.1 Å². The highest BCUT2D eigenvalue weighted by atomic mass is 32.3. The van der Waals surface area contributed by atoms with Crippen LogP contribution in [-0.4, -0.2) is 27.5 Å². The number of ether oxygens (including phenoxy) is 1. The number of rotatable bonds is 7. The molecule has 1 aliphatic rings. The Morgan fingerprint density at radius 2 is 1.66 bits per heavy atom. The highest BCUT2D eigenvalue weighted by Gasteiger charge is 2.29. The first-order chi connectivity index (χ1) is 15.4. The number of benzene rings is 3. The lowest BCUT2D eigenvalue weighted by Crippen LogP contribution is -2.25. The molecule has 0 bridgehead atoms. The third-order valence-electron chi connectivity index (χ3n) is 4.82. The van der Waals surface area contributed by atoms with E-state index >= 15 is 0 Å². The van der Waals surface area contributed by atoms with Crippen molar-refractivity contribution in [2.45, 2.75) is 6.42 Å². The van der Waals surface area contributed by atoms with E-state index in [0.717, 1.165) is 5.56 Å². The van der Waals surface area contributed by atoms with Crippen LogP contribution in [0.15, 0.2) is 84.9 Å². The Balaban J connectivity index is 1.32. The number of hydrogen-bond acceptors (Lipinski definition) is 5. The first-order valence-electron chi connectivity index (χ1n) is 9.93. The van der Waals surface area contributed by atoms with Crippen LogP contribution in [0.5, 0.6) is 11.5 Å². The molecule has 7 nitrogen and oxygen atoms in total. The Labute approximate surface area is 187 Å². The van der Waals surface area contributed by atoms with Crippen molar-refractivity contribution in [2.24, 2.45) is 0 Å². The van der Waals surface area contributed by atoms with E-state index in [0.29, 0.717) is 35.6 Å². The fourth-order valence-corrected chi connectivity index (χ4v) is 4.44. The first kappa shape index (κ1) is 21.6. The van der Waals surface area contributed by atoms with Gasteiger partial charge in [0.15, 0.2) is 0 Å². The van der Waals surface area contributed by atoms with Gasteiger partial charge in [-0.05, 0) is 47.9 Å². The lowest BCUT2D eigenvalue weighted by molar-refractivity contribution is -0.114. The fourth-order valence-electron chi connectivity index (χ4n) is 3.26. The molecule has 1 heterocycles. The second-order valence-electron chi connectivity index (χ2n) is 7.17. The van der Waals surface area contributed by atoms with Crippen LogP contribution in [0.25, 0.3) is 4.91 Å². The number of amides is 2. The maximum Gasteiger partial charge on any atom is 0.264 e. The van der Waals surface area contributed by atoms with Gasteiger partial charge in [0.25, 0.3) is 11.8 Å². The minimum Gasteiger partial charge on any atom is -0.457 e. The molecule has 0 fully saturated rings. The molecule has 4 rings (SSSR count). The van der Waals surface area contributed by atoms with Crippen molar-refractivity contribution in [3.05, 3.63) is 102 Å². The van der Waals surface area contributed by atoms with E-state index in [2.05, 4.69) is 10.0 Å². The Bertz CT molecular complexity index is 1160. The van der Waals surface area contributed by atoms with E-state index < -0.39 is 16.7 Å². The van der Waals surface area contributed by atoms with Gasteiger partial charge in [-0.25, -0.2) is 4.72 Å². The van der Waals surface area contributed by atoms with E-state index in [4.69, 9.17) is 4.74 Å². The van der Waals surface area contributed by atoms with Gasteiger partial charge in [0, 0.05) is 18.2 Å². The molecule has 0 aromatic heterocycles. The topological polar surface area (TPSA) is 108 Å². The normalized spacial score (nSPS) is 15.4. The van der Waals surface area contributed by atoms with Crippen LogP contribution < -0.4 is 14.8 Å². The molecular weight excluding hydrogens is 428 g/mol. The summed E-state index contributed by atoms with van der Waals surface area (Å²) >= 11 is 0. The van der Waals surface area contributed by atoms with Gasteiger partial charge in [-0.15, -0.1) is 0 Å². The molecule has 0 saturated carbocycles. The summed E-state index contributed by atoms with van der Waals surface area (Å²) in [5, 5.41) is 2.89. The number of para-hydroxylation sites is 1. The van der Waals surface area contributed by atoms with Crippen molar-refractivity contribution < 1.29 is 23.4 Å². The summed E-state index contributed by atoms with van der Waals surface area (Å²) in [7, 11) is -3.29. The van der Waals surface area contributed by atoms with E-state index in [1.165, 1.54) is 6.08 Å². The number of carbonyl (C=O) groups excluding carboxylic acids is 2. The van der Waals surface area contributed by atoms with E-state index in [1.807, 2.05) is 42.5 Å². The standard InChI is InChI=1S/C24H22N2O5S/c27-23-16-22(32(29,30)26-23)18-11-9-17(10-12-18)13-14-25-24(28)19-5-4-8-21(15-19)31-20-6-2-1-3-7-20/h1-12,15-16,29-30H,13-14H2,(H,25,28)(H,26,27). The Morgan fingerprint density at radius 1 is 0.938 bits per heavy atom. The average Bonchev–Trinajstić information content (AvgIpc) is 3.07. The molecule has 4 N–H and O–H groups in total. The lowest BCUT2D eigenvalue weighted by Gasteiger charge is -2.29. The van der Waals surface area contributed by atoms with E-state index in [-0.39, 0.29) is 10.8 Å². The molecule has 32 heavy (non-hydrogen) atoms. The zero-order valence-electron chi connectivity index (χ0n) is 17.0. The number of carbonyl (C=O) groups is 2. The summed E-state index contributed by atoms with van der Waals surface area (Å²) in [5.41, 5.74) is 2.03. The fraction of sp³-hybridized carbons (Fsp3) is 0.0833. The predicted octanol–water partition coefficient (Wildman–Crippen LogP) is 4.59. The predicted molar refractivity (Wildman–Crippen MR) is 124 cm³/mol. The summed E-state index contributed by atoms with van der Waals surface area (Å²) < 4.78 is 27.8. The monoisotopic (exact) mass is 450 g/mol. The van der Waals surface area contributed by atoms with Gasteiger partial charge in [-0.2, -0.15) is 0 Å². The van der Waals surface area contributed by atoms with Crippen LogP contribution in [0.2, 0.25) is 0 Å². The first-order valence-corrected chi connectivity index (χ1v) is 11.5. The van der Waals surface area contributed by atoms with Gasteiger partial charge in [0.2, 0.25) is 0 Å². The van der Waals surface area contributed by atoms with Crippen LogP contribution in [0, 0.1) is 0 Å². The summed E-state index contributed by atoms with van der Waals surface area (Å²) in [6.07, 6.45) is 1.79.